The minimum Gasteiger partial charge on any atom is -0.489 e. The van der Waals surface area contributed by atoms with E-state index in [0.29, 0.717) is 36.2 Å². The highest BCUT2D eigenvalue weighted by molar-refractivity contribution is 5.65. The van der Waals surface area contributed by atoms with Crippen molar-refractivity contribution in [2.45, 2.75) is 31.5 Å². The minimum atomic E-state index is -0.180. The molecule has 9 nitrogen and oxygen atoms in total. The predicted octanol–water partition coefficient (Wildman–Crippen LogP) is 2.93. The molecule has 35 heavy (non-hydrogen) atoms. The fraction of sp³-hybridized carbons (Fsp3) is 0.385. The van der Waals surface area contributed by atoms with E-state index in [9.17, 15) is 10.4 Å². The van der Waals surface area contributed by atoms with E-state index in [1.54, 1.807) is 18.5 Å². The summed E-state index contributed by atoms with van der Waals surface area (Å²) in [7, 11) is 0. The smallest absolute Gasteiger partial charge is 0.227 e. The van der Waals surface area contributed by atoms with Gasteiger partial charge in [0.05, 0.1) is 42.5 Å². The molecule has 0 bridgehead atoms. The number of β-amino-alcohol motifs (C(OH)–C–C–N with tert-alkyl or cyclic N) is 1. The fourth-order valence-corrected chi connectivity index (χ4v) is 4.21. The molecule has 3 aromatic rings. The van der Waals surface area contributed by atoms with Crippen molar-refractivity contribution in [3.63, 3.8) is 0 Å². The number of benzene rings is 1. The maximum Gasteiger partial charge on any atom is 0.227 e. The second kappa shape index (κ2) is 10.8. The van der Waals surface area contributed by atoms with Crippen LogP contribution < -0.4 is 10.1 Å². The molecule has 0 saturated carbocycles. The summed E-state index contributed by atoms with van der Waals surface area (Å²) < 4.78 is 11.4. The SMILES string of the molecule is N#Cc1cc(-c2ccnc(Nc3ccc(CCN4CC(O)C4)nc3)n2)ccc1OC1CCOCC1. The van der Waals surface area contributed by atoms with Crippen LogP contribution in [0.4, 0.5) is 11.6 Å². The maximum atomic E-state index is 9.67. The molecule has 2 saturated heterocycles. The number of nitriles is 1. The highest BCUT2D eigenvalue weighted by Crippen LogP contribution is 2.28. The fourth-order valence-electron chi connectivity index (χ4n) is 4.21. The molecule has 0 aliphatic carbocycles. The first-order valence-corrected chi connectivity index (χ1v) is 11.9. The van der Waals surface area contributed by atoms with Gasteiger partial charge in [0.25, 0.3) is 0 Å². The quantitative estimate of drug-likeness (QED) is 0.510. The van der Waals surface area contributed by atoms with Crippen molar-refractivity contribution in [1.29, 1.82) is 5.26 Å². The van der Waals surface area contributed by atoms with Gasteiger partial charge >= 0.3 is 0 Å². The highest BCUT2D eigenvalue weighted by atomic mass is 16.5. The molecule has 180 valence electrons. The number of anilines is 2. The summed E-state index contributed by atoms with van der Waals surface area (Å²) in [4.78, 5) is 15.7. The van der Waals surface area contributed by atoms with Crippen molar-refractivity contribution >= 4 is 11.6 Å². The normalized spacial score (nSPS) is 16.9. The Hall–Kier alpha value is -3.58. The van der Waals surface area contributed by atoms with Crippen LogP contribution in [-0.2, 0) is 11.2 Å². The van der Waals surface area contributed by atoms with Gasteiger partial charge in [0.15, 0.2) is 0 Å². The standard InChI is InChI=1S/C26H28N6O3/c27-14-19-13-18(1-4-25(19)35-23-7-11-34-12-8-23)24-5-9-28-26(31-24)30-21-3-2-20(29-15-21)6-10-32-16-22(33)17-32/h1-5,9,13,15,22-23,33H,6-8,10-12,16-17H2,(H,28,30,31). The molecular formula is C26H28N6O3. The number of pyridine rings is 1. The van der Waals surface area contributed by atoms with Gasteiger partial charge in [0, 0.05) is 56.4 Å². The van der Waals surface area contributed by atoms with Crippen LogP contribution in [0.1, 0.15) is 24.1 Å². The van der Waals surface area contributed by atoms with E-state index in [4.69, 9.17) is 9.47 Å². The lowest BCUT2D eigenvalue weighted by atomic mass is 10.1. The van der Waals surface area contributed by atoms with Gasteiger partial charge in [0.1, 0.15) is 17.9 Å². The van der Waals surface area contributed by atoms with Crippen molar-refractivity contribution in [3.05, 3.63) is 60.0 Å². The van der Waals surface area contributed by atoms with E-state index in [2.05, 4.69) is 31.2 Å². The summed E-state index contributed by atoms with van der Waals surface area (Å²) in [5, 5.41) is 22.2. The van der Waals surface area contributed by atoms with Gasteiger partial charge in [0.2, 0.25) is 5.95 Å². The molecule has 5 rings (SSSR count). The average Bonchev–Trinajstić information content (AvgIpc) is 2.88. The lowest BCUT2D eigenvalue weighted by Gasteiger charge is -2.35. The summed E-state index contributed by atoms with van der Waals surface area (Å²) in [6, 6.07) is 13.5. The highest BCUT2D eigenvalue weighted by Gasteiger charge is 2.23. The first kappa shape index (κ1) is 23.2. The Morgan fingerprint density at radius 3 is 2.74 bits per heavy atom. The largest absolute Gasteiger partial charge is 0.489 e. The molecular weight excluding hydrogens is 444 g/mol. The average molecular weight is 473 g/mol. The molecule has 2 aromatic heterocycles. The number of aliphatic hydroxyl groups excluding tert-OH is 1. The van der Waals surface area contributed by atoms with Gasteiger partial charge in [-0.3, -0.25) is 9.88 Å². The molecule has 2 fully saturated rings. The first-order chi connectivity index (χ1) is 17.2. The van der Waals surface area contributed by atoms with Gasteiger partial charge in [-0.1, -0.05) is 0 Å². The summed E-state index contributed by atoms with van der Waals surface area (Å²) >= 11 is 0. The molecule has 0 unspecified atom stereocenters. The van der Waals surface area contributed by atoms with Crippen LogP contribution in [0.5, 0.6) is 5.75 Å². The monoisotopic (exact) mass is 472 g/mol. The van der Waals surface area contributed by atoms with Crippen molar-refractivity contribution in [2.24, 2.45) is 0 Å². The zero-order valence-corrected chi connectivity index (χ0v) is 19.4. The van der Waals surface area contributed by atoms with Crippen LogP contribution in [-0.4, -0.2) is 70.0 Å². The summed E-state index contributed by atoms with van der Waals surface area (Å²) in [6.07, 6.45) is 5.84. The number of aliphatic hydroxyl groups is 1. The number of nitrogens with one attached hydrogen (secondary N) is 1. The van der Waals surface area contributed by atoms with Crippen LogP contribution in [0.15, 0.2) is 48.8 Å². The predicted molar refractivity (Wildman–Crippen MR) is 130 cm³/mol. The Bertz CT molecular complexity index is 1180. The van der Waals surface area contributed by atoms with E-state index in [0.717, 1.165) is 55.8 Å². The van der Waals surface area contributed by atoms with Crippen LogP contribution in [0.25, 0.3) is 11.3 Å². The maximum absolute atomic E-state index is 9.67. The van der Waals surface area contributed by atoms with Crippen LogP contribution in [0.3, 0.4) is 0 Å². The summed E-state index contributed by atoms with van der Waals surface area (Å²) in [5.41, 5.74) is 3.80. The molecule has 1 aromatic carbocycles. The number of likely N-dealkylation sites (tertiary alicyclic amines) is 1. The number of hydrogen-bond acceptors (Lipinski definition) is 9. The second-order valence-electron chi connectivity index (χ2n) is 8.84. The van der Waals surface area contributed by atoms with E-state index >= 15 is 0 Å². The Balaban J connectivity index is 1.23. The van der Waals surface area contributed by atoms with Gasteiger partial charge in [-0.2, -0.15) is 5.26 Å². The van der Waals surface area contributed by atoms with Crippen LogP contribution in [0.2, 0.25) is 0 Å². The van der Waals surface area contributed by atoms with Crippen LogP contribution in [0, 0.1) is 11.3 Å². The Labute approximate surface area is 204 Å². The van der Waals surface area contributed by atoms with Crippen molar-refractivity contribution in [2.75, 3.05) is 38.2 Å². The summed E-state index contributed by atoms with van der Waals surface area (Å²) in [6.45, 7) is 3.75. The second-order valence-corrected chi connectivity index (χ2v) is 8.84. The van der Waals surface area contributed by atoms with Gasteiger partial charge in [-0.05, 0) is 36.4 Å². The number of ether oxygens (including phenoxy) is 2. The van der Waals surface area contributed by atoms with Crippen molar-refractivity contribution in [3.8, 4) is 23.1 Å². The Kier molecular flexibility index (Phi) is 7.14. The van der Waals surface area contributed by atoms with E-state index in [-0.39, 0.29) is 12.2 Å². The molecule has 4 heterocycles. The van der Waals surface area contributed by atoms with E-state index in [1.807, 2.05) is 30.3 Å². The Morgan fingerprint density at radius 1 is 1.14 bits per heavy atom. The third-order valence-corrected chi connectivity index (χ3v) is 6.22. The van der Waals surface area contributed by atoms with Gasteiger partial charge in [-0.15, -0.1) is 0 Å². The van der Waals surface area contributed by atoms with Crippen molar-refractivity contribution < 1.29 is 14.6 Å². The van der Waals surface area contributed by atoms with Gasteiger partial charge in [-0.25, -0.2) is 9.97 Å². The first-order valence-electron chi connectivity index (χ1n) is 11.9. The lowest BCUT2D eigenvalue weighted by molar-refractivity contribution is 0.00297. The number of rotatable bonds is 8. The van der Waals surface area contributed by atoms with Gasteiger partial charge < -0.3 is 19.9 Å². The molecule has 0 amide bonds. The summed E-state index contributed by atoms with van der Waals surface area (Å²) in [5.74, 6) is 1.04. The molecule has 0 spiro atoms. The number of nitrogens with zero attached hydrogens (tertiary/aromatic N) is 5. The van der Waals surface area contributed by atoms with Crippen molar-refractivity contribution in [1.82, 2.24) is 19.9 Å². The Morgan fingerprint density at radius 2 is 2.00 bits per heavy atom. The lowest BCUT2D eigenvalue weighted by Crippen LogP contribution is -2.51. The van der Waals surface area contributed by atoms with E-state index in [1.165, 1.54) is 0 Å². The molecule has 2 aliphatic heterocycles. The third kappa shape index (κ3) is 5.92. The molecule has 0 atom stereocenters. The molecule has 0 radical (unpaired) electrons. The molecule has 2 aliphatic rings. The molecule has 9 heteroatoms. The number of aromatic nitrogens is 3. The number of hydrogen-bond donors (Lipinski definition) is 2. The van der Waals surface area contributed by atoms with Crippen LogP contribution >= 0.6 is 0 Å². The topological polar surface area (TPSA) is 116 Å². The molecule has 2 N–H and O–H groups in total. The third-order valence-electron chi connectivity index (χ3n) is 6.22. The zero-order chi connectivity index (χ0) is 24.0. The zero-order valence-electron chi connectivity index (χ0n) is 19.4. The minimum absolute atomic E-state index is 0.0696. The van der Waals surface area contributed by atoms with E-state index < -0.39 is 0 Å².